The molecule has 1 atom stereocenters. The zero-order chi connectivity index (χ0) is 15.0. The molecule has 4 heteroatoms. The van der Waals surface area contributed by atoms with Crippen molar-refractivity contribution in [2.75, 3.05) is 0 Å². The zero-order valence-corrected chi connectivity index (χ0v) is 12.4. The van der Waals surface area contributed by atoms with Gasteiger partial charge < -0.3 is 14.8 Å². The SMILES string of the molecule is Cc1cccc2c1CC(C=O)(NC(=O)OC(C)(C)C)C2. The monoisotopic (exact) mass is 275 g/mol. The van der Waals surface area contributed by atoms with Crippen LogP contribution >= 0.6 is 0 Å². The summed E-state index contributed by atoms with van der Waals surface area (Å²) in [4.78, 5) is 23.5. The number of benzene rings is 1. The molecule has 0 saturated carbocycles. The number of nitrogens with one attached hydrogen (secondary N) is 1. The fourth-order valence-electron chi connectivity index (χ4n) is 2.61. The lowest BCUT2D eigenvalue weighted by molar-refractivity contribution is -0.113. The second-order valence-corrected chi connectivity index (χ2v) is 6.47. The number of rotatable bonds is 2. The van der Waals surface area contributed by atoms with Gasteiger partial charge in [-0.3, -0.25) is 0 Å². The Morgan fingerprint density at radius 2 is 2.05 bits per heavy atom. The predicted molar refractivity (Wildman–Crippen MR) is 76.8 cm³/mol. The molecular formula is C16H21NO3. The summed E-state index contributed by atoms with van der Waals surface area (Å²) >= 11 is 0. The predicted octanol–water partition coefficient (Wildman–Crippen LogP) is 2.56. The molecule has 0 spiro atoms. The number of hydrogen-bond acceptors (Lipinski definition) is 3. The molecule has 0 aromatic heterocycles. The Balaban J connectivity index is 2.17. The maximum absolute atomic E-state index is 11.9. The number of aldehydes is 1. The topological polar surface area (TPSA) is 55.4 Å². The summed E-state index contributed by atoms with van der Waals surface area (Å²) in [5, 5.41) is 2.74. The number of hydrogen-bond donors (Lipinski definition) is 1. The van der Waals surface area contributed by atoms with E-state index >= 15 is 0 Å². The van der Waals surface area contributed by atoms with Crippen LogP contribution in [0.25, 0.3) is 0 Å². The molecule has 1 aromatic rings. The molecule has 4 nitrogen and oxygen atoms in total. The number of amides is 1. The Morgan fingerprint density at radius 3 is 2.60 bits per heavy atom. The van der Waals surface area contributed by atoms with Gasteiger partial charge in [-0.2, -0.15) is 0 Å². The highest BCUT2D eigenvalue weighted by Gasteiger charge is 2.40. The Hall–Kier alpha value is -1.84. The third-order valence-electron chi connectivity index (χ3n) is 3.48. The fourth-order valence-corrected chi connectivity index (χ4v) is 2.61. The van der Waals surface area contributed by atoms with Crippen LogP contribution in [0.5, 0.6) is 0 Å². The van der Waals surface area contributed by atoms with Crippen molar-refractivity contribution in [2.24, 2.45) is 0 Å². The van der Waals surface area contributed by atoms with E-state index in [1.54, 1.807) is 20.8 Å². The van der Waals surface area contributed by atoms with Gasteiger partial charge in [-0.25, -0.2) is 4.79 Å². The van der Waals surface area contributed by atoms with Crippen molar-refractivity contribution in [3.05, 3.63) is 34.9 Å². The summed E-state index contributed by atoms with van der Waals surface area (Å²) in [5.41, 5.74) is 1.97. The largest absolute Gasteiger partial charge is 0.444 e. The van der Waals surface area contributed by atoms with Gasteiger partial charge in [-0.15, -0.1) is 0 Å². The summed E-state index contributed by atoms with van der Waals surface area (Å²) in [6.45, 7) is 7.42. The molecule has 1 unspecified atom stereocenters. The number of alkyl carbamates (subject to hydrolysis) is 1. The van der Waals surface area contributed by atoms with Crippen LogP contribution in [-0.2, 0) is 22.4 Å². The van der Waals surface area contributed by atoms with E-state index in [9.17, 15) is 9.59 Å². The average Bonchev–Trinajstić information content (AvgIpc) is 2.67. The van der Waals surface area contributed by atoms with E-state index < -0.39 is 17.2 Å². The Kier molecular flexibility index (Phi) is 3.59. The van der Waals surface area contributed by atoms with Crippen molar-refractivity contribution < 1.29 is 14.3 Å². The quantitative estimate of drug-likeness (QED) is 0.844. The smallest absolute Gasteiger partial charge is 0.408 e. The summed E-state index contributed by atoms with van der Waals surface area (Å²) in [5.74, 6) is 0. The van der Waals surface area contributed by atoms with Crippen molar-refractivity contribution >= 4 is 12.4 Å². The van der Waals surface area contributed by atoms with Gasteiger partial charge in [-0.05, 0) is 44.4 Å². The molecule has 108 valence electrons. The standard InChI is InChI=1S/C16H21NO3/c1-11-6-5-7-12-8-16(10-18,9-13(11)12)17-14(19)20-15(2,3)4/h5-7,10H,8-9H2,1-4H3,(H,17,19). The normalized spacial score (nSPS) is 21.2. The molecule has 0 radical (unpaired) electrons. The van der Waals surface area contributed by atoms with E-state index in [0.29, 0.717) is 12.8 Å². The lowest BCUT2D eigenvalue weighted by Gasteiger charge is -2.27. The van der Waals surface area contributed by atoms with Crippen molar-refractivity contribution in [1.82, 2.24) is 5.32 Å². The van der Waals surface area contributed by atoms with E-state index in [2.05, 4.69) is 5.32 Å². The number of fused-ring (bicyclic) bond motifs is 1. The van der Waals surface area contributed by atoms with E-state index in [-0.39, 0.29) is 0 Å². The lowest BCUT2D eigenvalue weighted by Crippen LogP contribution is -2.52. The van der Waals surface area contributed by atoms with Gasteiger partial charge in [0.25, 0.3) is 0 Å². The molecule has 1 N–H and O–H groups in total. The first-order chi connectivity index (χ1) is 9.25. The maximum atomic E-state index is 11.9. The highest BCUT2D eigenvalue weighted by molar-refractivity contribution is 5.79. The average molecular weight is 275 g/mol. The minimum absolute atomic E-state index is 0.521. The molecule has 0 saturated heterocycles. The number of carbonyl (C=O) groups is 2. The third-order valence-corrected chi connectivity index (χ3v) is 3.48. The van der Waals surface area contributed by atoms with E-state index in [4.69, 9.17) is 4.74 Å². The second-order valence-electron chi connectivity index (χ2n) is 6.47. The Labute approximate surface area is 119 Å². The van der Waals surface area contributed by atoms with Gasteiger partial charge in [0.2, 0.25) is 0 Å². The highest BCUT2D eigenvalue weighted by Crippen LogP contribution is 2.31. The van der Waals surface area contributed by atoms with Crippen LogP contribution in [0.2, 0.25) is 0 Å². The summed E-state index contributed by atoms with van der Waals surface area (Å²) in [6.07, 6.45) is 1.33. The van der Waals surface area contributed by atoms with Crippen molar-refractivity contribution in [2.45, 2.75) is 51.7 Å². The Morgan fingerprint density at radius 1 is 1.35 bits per heavy atom. The van der Waals surface area contributed by atoms with Crippen LogP contribution in [-0.4, -0.2) is 23.5 Å². The molecule has 1 aromatic carbocycles. The van der Waals surface area contributed by atoms with Gasteiger partial charge >= 0.3 is 6.09 Å². The number of aryl methyl sites for hydroxylation is 1. The van der Waals surface area contributed by atoms with E-state index in [1.807, 2.05) is 25.1 Å². The number of ether oxygens (including phenoxy) is 1. The first-order valence-corrected chi connectivity index (χ1v) is 6.79. The van der Waals surface area contributed by atoms with Gasteiger partial charge in [0.15, 0.2) is 0 Å². The van der Waals surface area contributed by atoms with Crippen molar-refractivity contribution in [1.29, 1.82) is 0 Å². The summed E-state index contributed by atoms with van der Waals surface area (Å²) < 4.78 is 5.25. The van der Waals surface area contributed by atoms with Crippen LogP contribution in [0.3, 0.4) is 0 Å². The van der Waals surface area contributed by atoms with Crippen LogP contribution in [0.4, 0.5) is 4.79 Å². The molecule has 20 heavy (non-hydrogen) atoms. The zero-order valence-electron chi connectivity index (χ0n) is 12.4. The van der Waals surface area contributed by atoms with Gasteiger partial charge in [-0.1, -0.05) is 18.2 Å². The van der Waals surface area contributed by atoms with Gasteiger partial charge in [0.1, 0.15) is 17.4 Å². The first kappa shape index (κ1) is 14.6. The second kappa shape index (κ2) is 4.93. The molecule has 0 heterocycles. The van der Waals surface area contributed by atoms with Crippen LogP contribution in [0.15, 0.2) is 18.2 Å². The minimum atomic E-state index is -0.878. The lowest BCUT2D eigenvalue weighted by atomic mass is 9.97. The van der Waals surface area contributed by atoms with Crippen molar-refractivity contribution in [3.8, 4) is 0 Å². The van der Waals surface area contributed by atoms with Crippen LogP contribution in [0.1, 0.15) is 37.5 Å². The molecule has 1 amide bonds. The van der Waals surface area contributed by atoms with Crippen LogP contribution in [0, 0.1) is 6.92 Å². The molecule has 0 fully saturated rings. The summed E-state index contributed by atoms with van der Waals surface area (Å²) in [6, 6.07) is 6.00. The van der Waals surface area contributed by atoms with Crippen molar-refractivity contribution in [3.63, 3.8) is 0 Å². The summed E-state index contributed by atoms with van der Waals surface area (Å²) in [7, 11) is 0. The molecule has 0 aliphatic heterocycles. The minimum Gasteiger partial charge on any atom is -0.444 e. The van der Waals surface area contributed by atoms with Gasteiger partial charge in [0, 0.05) is 12.8 Å². The molecular weight excluding hydrogens is 254 g/mol. The van der Waals surface area contributed by atoms with Gasteiger partial charge in [0.05, 0.1) is 0 Å². The Bertz CT molecular complexity index is 545. The fraction of sp³-hybridized carbons (Fsp3) is 0.500. The molecule has 1 aliphatic carbocycles. The maximum Gasteiger partial charge on any atom is 0.408 e. The van der Waals surface area contributed by atoms with E-state index in [0.717, 1.165) is 23.0 Å². The molecule has 2 rings (SSSR count). The first-order valence-electron chi connectivity index (χ1n) is 6.79. The van der Waals surface area contributed by atoms with E-state index in [1.165, 1.54) is 0 Å². The molecule has 1 aliphatic rings. The van der Waals surface area contributed by atoms with Crippen LogP contribution < -0.4 is 5.32 Å². The highest BCUT2D eigenvalue weighted by atomic mass is 16.6. The third kappa shape index (κ3) is 3.00. The molecule has 0 bridgehead atoms. The number of carbonyl (C=O) groups excluding carboxylic acids is 2.